The lowest BCUT2D eigenvalue weighted by Gasteiger charge is -2.33. The normalized spacial score (nSPS) is 17.0. The summed E-state index contributed by atoms with van der Waals surface area (Å²) in [5, 5.41) is 7.46. The van der Waals surface area contributed by atoms with Crippen LogP contribution in [0, 0.1) is 6.92 Å². The van der Waals surface area contributed by atoms with Gasteiger partial charge in [0.05, 0.1) is 42.0 Å². The Labute approximate surface area is 172 Å². The highest BCUT2D eigenvalue weighted by Crippen LogP contribution is 2.27. The van der Waals surface area contributed by atoms with E-state index >= 15 is 0 Å². The van der Waals surface area contributed by atoms with Crippen molar-refractivity contribution in [1.82, 2.24) is 29.1 Å². The van der Waals surface area contributed by atoms with Gasteiger partial charge in [-0.1, -0.05) is 0 Å². The highest BCUT2D eigenvalue weighted by atomic mass is 16.5. The summed E-state index contributed by atoms with van der Waals surface area (Å²) in [6, 6.07) is 3.59. The molecule has 154 valence electrons. The molecule has 1 aliphatic rings. The molecule has 0 bridgehead atoms. The molecule has 30 heavy (non-hydrogen) atoms. The van der Waals surface area contributed by atoms with Gasteiger partial charge in [0.25, 0.3) is 5.56 Å². The van der Waals surface area contributed by atoms with Gasteiger partial charge in [0.15, 0.2) is 5.65 Å². The minimum absolute atomic E-state index is 0.0894. The topological polar surface area (TPSA) is 102 Å². The average Bonchev–Trinajstić information content (AvgIpc) is 3.18. The van der Waals surface area contributed by atoms with Crippen LogP contribution in [0.3, 0.4) is 0 Å². The lowest BCUT2D eigenvalue weighted by atomic mass is 10.2. The summed E-state index contributed by atoms with van der Waals surface area (Å²) in [5.74, 6) is 0.450. The number of morpholine rings is 1. The van der Waals surface area contributed by atoms with E-state index in [0.29, 0.717) is 31.2 Å². The van der Waals surface area contributed by atoms with Crippen LogP contribution in [0.1, 0.15) is 12.5 Å². The Balaban J connectivity index is 1.60. The van der Waals surface area contributed by atoms with Crippen LogP contribution in [0.15, 0.2) is 35.6 Å². The first-order valence-corrected chi connectivity index (χ1v) is 9.80. The third-order valence-electron chi connectivity index (χ3n) is 5.42. The first-order chi connectivity index (χ1) is 14.5. The number of hydrogen-bond acceptors (Lipinski definition) is 8. The van der Waals surface area contributed by atoms with Gasteiger partial charge >= 0.3 is 0 Å². The Morgan fingerprint density at radius 2 is 2.13 bits per heavy atom. The molecule has 0 spiro atoms. The molecule has 0 aromatic carbocycles. The smallest absolute Gasteiger partial charge is 0.252 e. The van der Waals surface area contributed by atoms with Crippen molar-refractivity contribution in [1.29, 1.82) is 0 Å². The summed E-state index contributed by atoms with van der Waals surface area (Å²) in [6.07, 6.45) is 5.15. The summed E-state index contributed by atoms with van der Waals surface area (Å²) in [6.45, 7) is 6.05. The highest BCUT2D eigenvalue weighted by molar-refractivity contribution is 5.89. The molecule has 0 saturated carbocycles. The van der Waals surface area contributed by atoms with Gasteiger partial charge in [0.2, 0.25) is 5.95 Å². The third-order valence-corrected chi connectivity index (χ3v) is 5.42. The third kappa shape index (κ3) is 3.14. The lowest BCUT2D eigenvalue weighted by molar-refractivity contribution is 0.0533. The molecule has 5 rings (SSSR count). The maximum Gasteiger partial charge on any atom is 0.252 e. The van der Waals surface area contributed by atoms with Gasteiger partial charge in [0.1, 0.15) is 11.8 Å². The van der Waals surface area contributed by atoms with Crippen molar-refractivity contribution < 1.29 is 4.74 Å². The van der Waals surface area contributed by atoms with E-state index in [9.17, 15) is 4.79 Å². The number of anilines is 3. The van der Waals surface area contributed by atoms with Gasteiger partial charge in [0, 0.05) is 26.2 Å². The summed E-state index contributed by atoms with van der Waals surface area (Å²) < 4.78 is 8.92. The van der Waals surface area contributed by atoms with Crippen molar-refractivity contribution >= 4 is 34.0 Å². The number of hydrogen-bond donors (Lipinski definition) is 1. The monoisotopic (exact) mass is 406 g/mol. The van der Waals surface area contributed by atoms with E-state index in [1.807, 2.05) is 26.1 Å². The molecule has 1 N–H and O–H groups in total. The second-order valence-corrected chi connectivity index (χ2v) is 7.54. The minimum atomic E-state index is -0.0894. The molecule has 4 aromatic rings. The molecule has 1 aliphatic heterocycles. The average molecular weight is 406 g/mol. The van der Waals surface area contributed by atoms with Crippen LogP contribution in [0.2, 0.25) is 0 Å². The molecule has 1 atom stereocenters. The van der Waals surface area contributed by atoms with E-state index in [4.69, 9.17) is 9.72 Å². The van der Waals surface area contributed by atoms with Crippen LogP contribution >= 0.6 is 0 Å². The maximum atomic E-state index is 12.5. The van der Waals surface area contributed by atoms with Crippen LogP contribution in [0.4, 0.5) is 17.3 Å². The van der Waals surface area contributed by atoms with E-state index in [2.05, 4.69) is 25.3 Å². The largest absolute Gasteiger partial charge is 0.375 e. The highest BCUT2D eigenvalue weighted by Gasteiger charge is 2.21. The predicted octanol–water partition coefficient (Wildman–Crippen LogP) is 1.65. The molecule has 10 heteroatoms. The van der Waals surface area contributed by atoms with Gasteiger partial charge in [-0.25, -0.2) is 19.5 Å². The molecule has 0 amide bonds. The molecule has 1 unspecified atom stereocenters. The van der Waals surface area contributed by atoms with Crippen molar-refractivity contribution in [2.24, 2.45) is 7.05 Å². The summed E-state index contributed by atoms with van der Waals surface area (Å²) >= 11 is 0. The Kier molecular flexibility index (Phi) is 4.35. The van der Waals surface area contributed by atoms with E-state index in [0.717, 1.165) is 28.1 Å². The molecular formula is C20H22N8O2. The Bertz CT molecular complexity index is 1310. The van der Waals surface area contributed by atoms with Crippen LogP contribution in [-0.2, 0) is 11.8 Å². The second-order valence-electron chi connectivity index (χ2n) is 7.54. The Morgan fingerprint density at radius 1 is 1.27 bits per heavy atom. The SMILES string of the molecule is Cc1cc2ncnn2cc1Nc1ncc2c(n1)c(N1CCOC(C)C1)cc(=O)n2C. The van der Waals surface area contributed by atoms with Crippen molar-refractivity contribution in [3.8, 4) is 0 Å². The van der Waals surface area contributed by atoms with Gasteiger partial charge in [-0.15, -0.1) is 0 Å². The molecule has 1 fully saturated rings. The molecule has 4 aromatic heterocycles. The van der Waals surface area contributed by atoms with Gasteiger partial charge < -0.3 is 19.5 Å². The first kappa shape index (κ1) is 18.5. The number of nitrogens with one attached hydrogen (secondary N) is 1. The number of aryl methyl sites for hydroxylation is 2. The zero-order valence-electron chi connectivity index (χ0n) is 17.0. The van der Waals surface area contributed by atoms with E-state index in [1.165, 1.54) is 6.33 Å². The standard InChI is InChI=1S/C20H22N8O2/c1-12-6-17-22-11-23-28(17)10-14(12)24-20-21-8-16-19(25-20)15(7-18(29)26(16)3)27-4-5-30-13(2)9-27/h6-8,10-11,13H,4-5,9H2,1-3H3,(H,21,24,25). The minimum Gasteiger partial charge on any atom is -0.375 e. The second kappa shape index (κ2) is 7.06. The van der Waals surface area contributed by atoms with Gasteiger partial charge in [-0.2, -0.15) is 5.10 Å². The maximum absolute atomic E-state index is 12.5. The summed E-state index contributed by atoms with van der Waals surface area (Å²) in [4.78, 5) is 28.1. The first-order valence-electron chi connectivity index (χ1n) is 9.80. The molecule has 0 aliphatic carbocycles. The fraction of sp³-hybridized carbons (Fsp3) is 0.350. The van der Waals surface area contributed by atoms with E-state index < -0.39 is 0 Å². The zero-order chi connectivity index (χ0) is 20.8. The van der Waals surface area contributed by atoms with Crippen molar-refractivity contribution in [2.45, 2.75) is 20.0 Å². The van der Waals surface area contributed by atoms with Crippen LogP contribution < -0.4 is 15.8 Å². The van der Waals surface area contributed by atoms with Crippen molar-refractivity contribution in [3.05, 3.63) is 46.8 Å². The quantitative estimate of drug-likeness (QED) is 0.548. The molecule has 10 nitrogen and oxygen atoms in total. The fourth-order valence-corrected chi connectivity index (χ4v) is 3.76. The fourth-order valence-electron chi connectivity index (χ4n) is 3.76. The van der Waals surface area contributed by atoms with Crippen molar-refractivity contribution in [2.75, 3.05) is 29.9 Å². The van der Waals surface area contributed by atoms with Crippen LogP contribution in [0.25, 0.3) is 16.7 Å². The van der Waals surface area contributed by atoms with Gasteiger partial charge in [-0.3, -0.25) is 4.79 Å². The zero-order valence-corrected chi connectivity index (χ0v) is 17.0. The number of rotatable bonds is 3. The lowest BCUT2D eigenvalue weighted by Crippen LogP contribution is -2.41. The summed E-state index contributed by atoms with van der Waals surface area (Å²) in [5.41, 5.74) is 4.73. The van der Waals surface area contributed by atoms with Crippen molar-refractivity contribution in [3.63, 3.8) is 0 Å². The van der Waals surface area contributed by atoms with Crippen LogP contribution in [-0.4, -0.2) is 54.9 Å². The van der Waals surface area contributed by atoms with Gasteiger partial charge in [-0.05, 0) is 25.5 Å². The predicted molar refractivity (Wildman–Crippen MR) is 113 cm³/mol. The number of ether oxygens (including phenoxy) is 1. The molecule has 1 saturated heterocycles. The molecular weight excluding hydrogens is 384 g/mol. The number of fused-ring (bicyclic) bond motifs is 2. The number of aromatic nitrogens is 6. The number of pyridine rings is 2. The Morgan fingerprint density at radius 3 is 2.97 bits per heavy atom. The summed E-state index contributed by atoms with van der Waals surface area (Å²) in [7, 11) is 1.73. The van der Waals surface area contributed by atoms with Crippen LogP contribution in [0.5, 0.6) is 0 Å². The van der Waals surface area contributed by atoms with E-state index in [1.54, 1.807) is 28.4 Å². The molecule has 0 radical (unpaired) electrons. The number of nitrogens with zero attached hydrogens (tertiary/aromatic N) is 7. The van der Waals surface area contributed by atoms with E-state index in [-0.39, 0.29) is 11.7 Å². The Hall–Kier alpha value is -3.53. The molecule has 5 heterocycles.